The van der Waals surface area contributed by atoms with Gasteiger partial charge in [0.05, 0.1) is 6.42 Å². The number of carbonyl (C=O) groups excluding carboxylic acids is 6. The Morgan fingerprint density at radius 1 is 0.816 bits per heavy atom. The summed E-state index contributed by atoms with van der Waals surface area (Å²) in [7, 11) is 0. The van der Waals surface area contributed by atoms with Crippen molar-refractivity contribution in [3.05, 3.63) is 59.7 Å². The zero-order valence-corrected chi connectivity index (χ0v) is 27.2. The van der Waals surface area contributed by atoms with Gasteiger partial charge >= 0.3 is 30.0 Å². The van der Waals surface area contributed by atoms with Crippen LogP contribution in [0.5, 0.6) is 0 Å². The third-order valence-electron chi connectivity index (χ3n) is 7.93. The normalized spacial score (nSPS) is 21.6. The Morgan fingerprint density at radius 2 is 1.37 bits per heavy atom. The number of nitrogens with zero attached hydrogens (tertiary/aromatic N) is 1. The topological polar surface area (TPSA) is 227 Å². The number of primary amides is 1. The van der Waals surface area contributed by atoms with Crippen molar-refractivity contribution in [2.24, 2.45) is 5.73 Å². The van der Waals surface area contributed by atoms with Gasteiger partial charge in [0.2, 0.25) is 11.8 Å². The molecule has 49 heavy (non-hydrogen) atoms. The highest BCUT2D eigenvalue weighted by atomic mass is 16.6. The standard InChI is InChI=1S/C33H37N3O13/c1-16(37)35-28-30(48-19(4)40)29(47-18(3)39)26(15-45-17(2)38)49-31(28)36(25(32(42)43)13-27(34)41)33(44)46-14-24-22-11-7-5-9-20(22)21-10-6-8-12-23(21)24/h5-12,24-26,28-31H,13-15H2,1-4H3,(H2,34,41)(H,35,37)(H,42,43)/t25-,26+,28+,29+,30+,31-/m0/s1. The fraction of sp³-hybridized carbons (Fsp3) is 0.424. The molecule has 1 fully saturated rings. The van der Waals surface area contributed by atoms with E-state index in [0.717, 1.165) is 49.9 Å². The number of hydrogen-bond acceptors (Lipinski definition) is 12. The first-order valence-electron chi connectivity index (χ1n) is 15.2. The van der Waals surface area contributed by atoms with Crippen molar-refractivity contribution in [1.29, 1.82) is 0 Å². The summed E-state index contributed by atoms with van der Waals surface area (Å²) in [6.45, 7) is 3.33. The second-order valence-corrected chi connectivity index (χ2v) is 11.5. The minimum absolute atomic E-state index is 0.288. The molecule has 4 rings (SSSR count). The van der Waals surface area contributed by atoms with Gasteiger partial charge in [-0.2, -0.15) is 0 Å². The molecular formula is C33H37N3O13. The molecule has 0 radical (unpaired) electrons. The molecule has 1 aliphatic heterocycles. The highest BCUT2D eigenvalue weighted by Gasteiger charge is 2.55. The van der Waals surface area contributed by atoms with Crippen LogP contribution in [-0.4, -0.2) is 102 Å². The van der Waals surface area contributed by atoms with Crippen LogP contribution in [0.2, 0.25) is 0 Å². The first-order valence-corrected chi connectivity index (χ1v) is 15.2. The van der Waals surface area contributed by atoms with Crippen molar-refractivity contribution in [2.75, 3.05) is 13.2 Å². The lowest BCUT2D eigenvalue weighted by Gasteiger charge is -2.49. The van der Waals surface area contributed by atoms with Gasteiger partial charge in [0.1, 0.15) is 31.4 Å². The molecule has 0 spiro atoms. The minimum Gasteiger partial charge on any atom is -0.480 e. The van der Waals surface area contributed by atoms with Gasteiger partial charge in [-0.3, -0.25) is 28.9 Å². The van der Waals surface area contributed by atoms with Gasteiger partial charge in [0, 0.05) is 33.6 Å². The molecule has 1 aliphatic carbocycles. The zero-order valence-electron chi connectivity index (χ0n) is 27.2. The second kappa shape index (κ2) is 15.6. The Labute approximate surface area is 280 Å². The highest BCUT2D eigenvalue weighted by molar-refractivity contribution is 5.87. The average Bonchev–Trinajstić information content (AvgIpc) is 3.34. The lowest BCUT2D eigenvalue weighted by molar-refractivity contribution is -0.247. The van der Waals surface area contributed by atoms with E-state index in [1.165, 1.54) is 0 Å². The summed E-state index contributed by atoms with van der Waals surface area (Å²) in [5, 5.41) is 12.8. The lowest BCUT2D eigenvalue weighted by atomic mass is 9.93. The van der Waals surface area contributed by atoms with E-state index in [0.29, 0.717) is 4.90 Å². The number of carboxylic acids is 1. The predicted octanol–water partition coefficient (Wildman–Crippen LogP) is 1.22. The maximum atomic E-state index is 14.2. The number of nitrogens with two attached hydrogens (primary N) is 1. The maximum absolute atomic E-state index is 14.2. The average molecular weight is 684 g/mol. The number of aliphatic carboxylic acids is 1. The summed E-state index contributed by atoms with van der Waals surface area (Å²) in [5.74, 6) is -6.57. The number of rotatable bonds is 12. The van der Waals surface area contributed by atoms with E-state index >= 15 is 0 Å². The molecule has 4 N–H and O–H groups in total. The number of hydrogen-bond donors (Lipinski definition) is 3. The monoisotopic (exact) mass is 683 g/mol. The molecule has 2 aliphatic rings. The number of benzene rings is 2. The smallest absolute Gasteiger partial charge is 0.412 e. The van der Waals surface area contributed by atoms with Gasteiger partial charge in [-0.1, -0.05) is 48.5 Å². The van der Waals surface area contributed by atoms with Crippen LogP contribution in [0.15, 0.2) is 48.5 Å². The minimum atomic E-state index is -2.04. The quantitative estimate of drug-likeness (QED) is 0.212. The fourth-order valence-electron chi connectivity index (χ4n) is 6.12. The molecule has 3 amide bonds. The van der Waals surface area contributed by atoms with Crippen molar-refractivity contribution in [3.63, 3.8) is 0 Å². The summed E-state index contributed by atoms with van der Waals surface area (Å²) in [6, 6.07) is 11.3. The summed E-state index contributed by atoms with van der Waals surface area (Å²) in [6.07, 6.45) is -8.74. The van der Waals surface area contributed by atoms with Gasteiger partial charge in [-0.15, -0.1) is 0 Å². The van der Waals surface area contributed by atoms with Crippen LogP contribution in [-0.2, 0) is 52.5 Å². The van der Waals surface area contributed by atoms with Gasteiger partial charge in [-0.05, 0) is 22.3 Å². The van der Waals surface area contributed by atoms with Crippen LogP contribution in [0.25, 0.3) is 11.1 Å². The van der Waals surface area contributed by atoms with Crippen molar-refractivity contribution in [2.45, 2.75) is 76.7 Å². The number of nitrogens with one attached hydrogen (secondary N) is 1. The first-order chi connectivity index (χ1) is 23.2. The Kier molecular flexibility index (Phi) is 11.6. The van der Waals surface area contributed by atoms with E-state index in [9.17, 15) is 38.7 Å². The number of carboxylic acid groups (broad SMARTS) is 1. The molecule has 2 aromatic rings. The van der Waals surface area contributed by atoms with Gasteiger partial charge in [0.25, 0.3) is 0 Å². The van der Waals surface area contributed by atoms with E-state index in [1.807, 2.05) is 48.5 Å². The fourth-order valence-corrected chi connectivity index (χ4v) is 6.12. The molecule has 16 heteroatoms. The SMILES string of the molecule is CC(=O)N[C@@H]1[C@@H](OC(C)=O)[C@H](OC(C)=O)[C@@H](COC(C)=O)O[C@@H]1N(C(=O)OCC1c2ccccc2-c2ccccc21)[C@@H](CC(N)=O)C(=O)O. The van der Waals surface area contributed by atoms with Gasteiger partial charge in [-0.25, -0.2) is 9.59 Å². The zero-order chi connectivity index (χ0) is 36.0. The van der Waals surface area contributed by atoms with Crippen molar-refractivity contribution >= 4 is 41.8 Å². The van der Waals surface area contributed by atoms with E-state index < -0.39 is 97.4 Å². The van der Waals surface area contributed by atoms with Crippen molar-refractivity contribution in [1.82, 2.24) is 10.2 Å². The van der Waals surface area contributed by atoms with Crippen LogP contribution in [0.1, 0.15) is 51.2 Å². The molecule has 0 saturated carbocycles. The summed E-state index contributed by atoms with van der Waals surface area (Å²) < 4.78 is 27.8. The number of amides is 3. The van der Waals surface area contributed by atoms with Crippen molar-refractivity contribution in [3.8, 4) is 11.1 Å². The molecule has 1 heterocycles. The van der Waals surface area contributed by atoms with Gasteiger partial charge < -0.3 is 39.8 Å². The van der Waals surface area contributed by atoms with E-state index in [-0.39, 0.29) is 6.61 Å². The van der Waals surface area contributed by atoms with E-state index in [1.54, 1.807) is 0 Å². The van der Waals surface area contributed by atoms with Crippen LogP contribution in [0, 0.1) is 0 Å². The summed E-state index contributed by atoms with van der Waals surface area (Å²) in [5.41, 5.74) is 8.93. The molecule has 0 bridgehead atoms. The lowest BCUT2D eigenvalue weighted by Crippen LogP contribution is -2.71. The highest BCUT2D eigenvalue weighted by Crippen LogP contribution is 2.44. The Morgan fingerprint density at radius 3 is 1.86 bits per heavy atom. The van der Waals surface area contributed by atoms with E-state index in [2.05, 4.69) is 5.32 Å². The molecule has 262 valence electrons. The third kappa shape index (κ3) is 8.51. The molecule has 1 saturated heterocycles. The number of fused-ring (bicyclic) bond motifs is 3. The van der Waals surface area contributed by atoms with E-state index in [4.69, 9.17) is 29.4 Å². The number of carbonyl (C=O) groups is 7. The van der Waals surface area contributed by atoms with Crippen LogP contribution >= 0.6 is 0 Å². The number of esters is 3. The molecule has 6 atom stereocenters. The Balaban J connectivity index is 1.80. The first kappa shape index (κ1) is 36.3. The van der Waals surface area contributed by atoms with Gasteiger partial charge in [0.15, 0.2) is 18.4 Å². The molecular weight excluding hydrogens is 646 g/mol. The summed E-state index contributed by atoms with van der Waals surface area (Å²) >= 11 is 0. The largest absolute Gasteiger partial charge is 0.480 e. The molecule has 0 aromatic heterocycles. The van der Waals surface area contributed by atoms with Crippen LogP contribution in [0.3, 0.4) is 0 Å². The van der Waals surface area contributed by atoms with Crippen LogP contribution < -0.4 is 11.1 Å². The number of ether oxygens (including phenoxy) is 5. The Hall–Kier alpha value is -5.51. The maximum Gasteiger partial charge on any atom is 0.412 e. The Bertz CT molecular complexity index is 1580. The molecule has 16 nitrogen and oxygen atoms in total. The second-order valence-electron chi connectivity index (χ2n) is 11.5. The molecule has 2 aromatic carbocycles. The van der Waals surface area contributed by atoms with Crippen LogP contribution in [0.4, 0.5) is 4.79 Å². The molecule has 0 unspecified atom stereocenters. The van der Waals surface area contributed by atoms with Crippen molar-refractivity contribution < 1.29 is 62.4 Å². The summed E-state index contributed by atoms with van der Waals surface area (Å²) in [4.78, 5) is 88.3. The third-order valence-corrected chi connectivity index (χ3v) is 7.93. The predicted molar refractivity (Wildman–Crippen MR) is 166 cm³/mol.